The van der Waals surface area contributed by atoms with Gasteiger partial charge >= 0.3 is 12.1 Å². The Kier molecular flexibility index (Phi) is 9.70. The van der Waals surface area contributed by atoms with Crippen LogP contribution < -0.4 is 10.6 Å². The van der Waals surface area contributed by atoms with Crippen LogP contribution in [0.1, 0.15) is 75.8 Å². The fourth-order valence-corrected chi connectivity index (χ4v) is 4.78. The Hall–Kier alpha value is -3.35. The van der Waals surface area contributed by atoms with Gasteiger partial charge in [-0.25, -0.2) is 4.79 Å². The fourth-order valence-electron chi connectivity index (χ4n) is 4.78. The molecule has 1 aliphatic carbocycles. The third-order valence-electron chi connectivity index (χ3n) is 6.43. The molecule has 0 unspecified atom stereocenters. The number of carboxylic acids is 1. The fraction of sp³-hybridized carbons (Fsp3) is 0.464. The molecule has 0 heterocycles. The minimum Gasteiger partial charge on any atom is -0.481 e. The number of aliphatic carboxylic acids is 1. The highest BCUT2D eigenvalue weighted by molar-refractivity contribution is 5.80. The molecule has 3 rings (SSSR count). The van der Waals surface area contributed by atoms with Crippen molar-refractivity contribution in [3.8, 4) is 11.1 Å². The van der Waals surface area contributed by atoms with Gasteiger partial charge in [0.05, 0.1) is 6.42 Å². The lowest BCUT2D eigenvalue weighted by Gasteiger charge is -2.21. The van der Waals surface area contributed by atoms with Crippen LogP contribution in [0.15, 0.2) is 48.5 Å². The summed E-state index contributed by atoms with van der Waals surface area (Å²) in [5.41, 5.74) is 4.61. The molecule has 0 saturated heterocycles. The quantitative estimate of drug-likeness (QED) is 0.364. The normalized spacial score (nSPS) is 13.9. The van der Waals surface area contributed by atoms with Gasteiger partial charge in [0, 0.05) is 24.4 Å². The van der Waals surface area contributed by atoms with Crippen molar-refractivity contribution in [2.45, 2.75) is 76.8 Å². The molecule has 0 aromatic heterocycles. The van der Waals surface area contributed by atoms with Crippen LogP contribution in [0, 0.1) is 0 Å². The summed E-state index contributed by atoms with van der Waals surface area (Å²) in [6, 6.07) is 15.5. The first-order chi connectivity index (χ1) is 16.9. The number of hydrogen-bond acceptors (Lipinski definition) is 4. The predicted octanol–water partition coefficient (Wildman–Crippen LogP) is 5.23. The summed E-state index contributed by atoms with van der Waals surface area (Å²) in [7, 11) is 0. The zero-order valence-electron chi connectivity index (χ0n) is 20.6. The van der Waals surface area contributed by atoms with Crippen molar-refractivity contribution in [2.24, 2.45) is 0 Å². The third kappa shape index (κ3) is 7.31. The second-order valence-electron chi connectivity index (χ2n) is 9.16. The largest absolute Gasteiger partial charge is 0.481 e. The molecule has 2 aromatic carbocycles. The van der Waals surface area contributed by atoms with E-state index in [-0.39, 0.29) is 37.3 Å². The molecule has 3 N–H and O–H groups in total. The molecule has 7 heteroatoms. The second kappa shape index (κ2) is 12.9. The zero-order valence-corrected chi connectivity index (χ0v) is 20.6. The van der Waals surface area contributed by atoms with E-state index in [1.165, 1.54) is 0 Å². The number of carbonyl (C=O) groups is 3. The SMILES string of the molecule is CCCC[C@H](CC(=O)O)NC(=O)C[C@@H](CCC)NC(=O)OCC1c2ccccc2-c2ccccc21. The summed E-state index contributed by atoms with van der Waals surface area (Å²) in [6.07, 6.45) is 3.22. The van der Waals surface area contributed by atoms with Crippen molar-refractivity contribution in [1.29, 1.82) is 0 Å². The lowest BCUT2D eigenvalue weighted by molar-refractivity contribution is -0.137. The summed E-state index contributed by atoms with van der Waals surface area (Å²) in [6.45, 7) is 4.22. The van der Waals surface area contributed by atoms with Crippen LogP contribution >= 0.6 is 0 Å². The topological polar surface area (TPSA) is 105 Å². The number of nitrogens with one attached hydrogen (secondary N) is 2. The van der Waals surface area contributed by atoms with Crippen molar-refractivity contribution < 1.29 is 24.2 Å². The number of benzene rings is 2. The number of carbonyl (C=O) groups excluding carboxylic acids is 2. The third-order valence-corrected chi connectivity index (χ3v) is 6.43. The van der Waals surface area contributed by atoms with Crippen molar-refractivity contribution >= 4 is 18.0 Å². The maximum atomic E-state index is 12.7. The molecular weight excluding hydrogens is 444 g/mol. The average Bonchev–Trinajstić information content (AvgIpc) is 3.14. The minimum atomic E-state index is -0.937. The van der Waals surface area contributed by atoms with Gasteiger partial charge in [-0.1, -0.05) is 81.6 Å². The van der Waals surface area contributed by atoms with Gasteiger partial charge in [0.25, 0.3) is 0 Å². The standard InChI is InChI=1S/C28H36N2O5/c1-3-5-11-20(17-27(32)33)29-26(31)16-19(10-4-2)30-28(34)35-18-25-23-14-8-6-12-21(23)22-13-7-9-15-24(22)25/h6-9,12-15,19-20,25H,3-5,10-11,16-18H2,1-2H3,(H,29,31)(H,30,34)(H,32,33)/t19-,20-/m1/s1. The van der Waals surface area contributed by atoms with E-state index in [0.717, 1.165) is 41.5 Å². The number of hydrogen-bond donors (Lipinski definition) is 3. The van der Waals surface area contributed by atoms with Crippen LogP contribution in [-0.4, -0.2) is 41.8 Å². The first kappa shape index (κ1) is 26.3. The molecule has 2 amide bonds. The number of amides is 2. The smallest absolute Gasteiger partial charge is 0.407 e. The number of rotatable bonds is 13. The Morgan fingerprint density at radius 1 is 0.857 bits per heavy atom. The molecule has 35 heavy (non-hydrogen) atoms. The van der Waals surface area contributed by atoms with Crippen molar-refractivity contribution in [2.75, 3.05) is 6.61 Å². The second-order valence-corrected chi connectivity index (χ2v) is 9.16. The van der Waals surface area contributed by atoms with Gasteiger partial charge in [-0.2, -0.15) is 0 Å². The van der Waals surface area contributed by atoms with Gasteiger partial charge in [-0.3, -0.25) is 9.59 Å². The van der Waals surface area contributed by atoms with Gasteiger partial charge in [0.2, 0.25) is 5.91 Å². The lowest BCUT2D eigenvalue weighted by Crippen LogP contribution is -2.43. The summed E-state index contributed by atoms with van der Waals surface area (Å²) >= 11 is 0. The number of ether oxygens (including phenoxy) is 1. The molecule has 0 radical (unpaired) electrons. The molecule has 0 fully saturated rings. The average molecular weight is 481 g/mol. The van der Waals surface area contributed by atoms with Gasteiger partial charge in [-0.05, 0) is 35.1 Å². The van der Waals surface area contributed by atoms with E-state index < -0.39 is 18.1 Å². The summed E-state index contributed by atoms with van der Waals surface area (Å²) in [5.74, 6) is -1.23. The van der Waals surface area contributed by atoms with Gasteiger partial charge in [-0.15, -0.1) is 0 Å². The Morgan fingerprint density at radius 2 is 1.46 bits per heavy atom. The number of carboxylic acid groups (broad SMARTS) is 1. The minimum absolute atomic E-state index is 0.0311. The predicted molar refractivity (Wildman–Crippen MR) is 135 cm³/mol. The summed E-state index contributed by atoms with van der Waals surface area (Å²) in [4.78, 5) is 36.4. The molecule has 0 aliphatic heterocycles. The van der Waals surface area contributed by atoms with Crippen molar-refractivity contribution in [3.05, 3.63) is 59.7 Å². The van der Waals surface area contributed by atoms with Crippen LogP contribution in [0.25, 0.3) is 11.1 Å². The van der Waals surface area contributed by atoms with Crippen LogP contribution in [0.5, 0.6) is 0 Å². The first-order valence-electron chi connectivity index (χ1n) is 12.6. The van der Waals surface area contributed by atoms with E-state index in [2.05, 4.69) is 34.9 Å². The van der Waals surface area contributed by atoms with Crippen LogP contribution in [0.2, 0.25) is 0 Å². The number of fused-ring (bicyclic) bond motifs is 3. The van der Waals surface area contributed by atoms with Crippen LogP contribution in [-0.2, 0) is 14.3 Å². The Labute approximate surface area is 207 Å². The summed E-state index contributed by atoms with van der Waals surface area (Å²) in [5, 5.41) is 14.8. The van der Waals surface area contributed by atoms with Gasteiger partial charge in [0.1, 0.15) is 6.61 Å². The van der Waals surface area contributed by atoms with E-state index in [4.69, 9.17) is 9.84 Å². The van der Waals surface area contributed by atoms with Gasteiger partial charge < -0.3 is 20.5 Å². The van der Waals surface area contributed by atoms with Crippen LogP contribution in [0.3, 0.4) is 0 Å². The lowest BCUT2D eigenvalue weighted by atomic mass is 9.98. The molecule has 0 saturated carbocycles. The van der Waals surface area contributed by atoms with E-state index in [0.29, 0.717) is 12.8 Å². The van der Waals surface area contributed by atoms with E-state index >= 15 is 0 Å². The van der Waals surface area contributed by atoms with E-state index in [9.17, 15) is 14.4 Å². The first-order valence-corrected chi connectivity index (χ1v) is 12.6. The highest BCUT2D eigenvalue weighted by Crippen LogP contribution is 2.44. The highest BCUT2D eigenvalue weighted by atomic mass is 16.5. The molecular formula is C28H36N2O5. The van der Waals surface area contributed by atoms with Crippen LogP contribution in [0.4, 0.5) is 4.79 Å². The monoisotopic (exact) mass is 480 g/mol. The molecule has 1 aliphatic rings. The maximum absolute atomic E-state index is 12.7. The number of unbranched alkanes of at least 4 members (excludes halogenated alkanes) is 1. The van der Waals surface area contributed by atoms with Crippen molar-refractivity contribution in [1.82, 2.24) is 10.6 Å². The Bertz CT molecular complexity index is 976. The Morgan fingerprint density at radius 3 is 2.03 bits per heavy atom. The molecule has 2 atom stereocenters. The molecule has 7 nitrogen and oxygen atoms in total. The highest BCUT2D eigenvalue weighted by Gasteiger charge is 2.29. The van der Waals surface area contributed by atoms with E-state index in [1.807, 2.05) is 38.1 Å². The molecule has 2 aromatic rings. The van der Waals surface area contributed by atoms with Crippen molar-refractivity contribution in [3.63, 3.8) is 0 Å². The molecule has 0 spiro atoms. The zero-order chi connectivity index (χ0) is 25.2. The maximum Gasteiger partial charge on any atom is 0.407 e. The molecule has 0 bridgehead atoms. The summed E-state index contributed by atoms with van der Waals surface area (Å²) < 4.78 is 5.63. The van der Waals surface area contributed by atoms with E-state index in [1.54, 1.807) is 0 Å². The van der Waals surface area contributed by atoms with Gasteiger partial charge in [0.15, 0.2) is 0 Å². The number of alkyl carbamates (subject to hydrolysis) is 1. The molecule has 188 valence electrons. The Balaban J connectivity index is 1.56.